The van der Waals surface area contributed by atoms with Gasteiger partial charge in [-0.15, -0.1) is 0 Å². The Hall–Kier alpha value is -3.97. The monoisotopic (exact) mass is 484 g/mol. The van der Waals surface area contributed by atoms with E-state index in [1.54, 1.807) is 24.3 Å². The van der Waals surface area contributed by atoms with E-state index >= 15 is 0 Å². The van der Waals surface area contributed by atoms with Crippen molar-refractivity contribution < 1.29 is 19.4 Å². The number of carbonyl (C=O) groups excluding carboxylic acids is 2. The van der Waals surface area contributed by atoms with Crippen LogP contribution in [0, 0.1) is 6.92 Å². The Morgan fingerprint density at radius 3 is 2.54 bits per heavy atom. The highest BCUT2D eigenvalue weighted by molar-refractivity contribution is 7.22. The van der Waals surface area contributed by atoms with Gasteiger partial charge >= 0.3 is 5.91 Å². The first-order valence-corrected chi connectivity index (χ1v) is 12.1. The van der Waals surface area contributed by atoms with Crippen molar-refractivity contribution >= 4 is 44.1 Å². The molecular formula is C28H24N2O4S. The van der Waals surface area contributed by atoms with Gasteiger partial charge < -0.3 is 9.84 Å². The number of thiazole rings is 1. The van der Waals surface area contributed by atoms with Gasteiger partial charge in [-0.3, -0.25) is 14.5 Å². The van der Waals surface area contributed by atoms with Gasteiger partial charge in [0.1, 0.15) is 17.6 Å². The van der Waals surface area contributed by atoms with Crippen molar-refractivity contribution in [3.05, 3.63) is 94.6 Å². The maximum atomic E-state index is 13.4. The van der Waals surface area contributed by atoms with E-state index in [0.29, 0.717) is 22.0 Å². The minimum Gasteiger partial charge on any atom is -0.507 e. The molecule has 1 fully saturated rings. The van der Waals surface area contributed by atoms with Crippen LogP contribution in [0.5, 0.6) is 5.75 Å². The lowest BCUT2D eigenvalue weighted by molar-refractivity contribution is -0.132. The highest BCUT2D eigenvalue weighted by Crippen LogP contribution is 2.46. The van der Waals surface area contributed by atoms with Crippen LogP contribution in [0.1, 0.15) is 35.2 Å². The molecule has 1 saturated heterocycles. The van der Waals surface area contributed by atoms with E-state index in [-0.39, 0.29) is 11.3 Å². The van der Waals surface area contributed by atoms with Crippen LogP contribution >= 0.6 is 11.3 Å². The van der Waals surface area contributed by atoms with Crippen LogP contribution in [0.4, 0.5) is 5.13 Å². The molecule has 1 N–H and O–H groups in total. The van der Waals surface area contributed by atoms with E-state index in [9.17, 15) is 14.7 Å². The third kappa shape index (κ3) is 3.88. The average molecular weight is 485 g/mol. The number of rotatable bonds is 5. The number of benzene rings is 3. The third-order valence-electron chi connectivity index (χ3n) is 6.26. The van der Waals surface area contributed by atoms with Gasteiger partial charge in [0.2, 0.25) is 0 Å². The third-order valence-corrected chi connectivity index (χ3v) is 7.28. The zero-order chi connectivity index (χ0) is 24.7. The molecule has 0 saturated carbocycles. The summed E-state index contributed by atoms with van der Waals surface area (Å²) in [5.74, 6) is -1.21. The second-order valence-electron chi connectivity index (χ2n) is 8.43. The second kappa shape index (κ2) is 9.00. The van der Waals surface area contributed by atoms with Gasteiger partial charge in [-0.25, -0.2) is 4.98 Å². The number of para-hydroxylation sites is 1. The van der Waals surface area contributed by atoms with Crippen molar-refractivity contribution in [2.75, 3.05) is 12.0 Å². The number of carbonyl (C=O) groups is 2. The van der Waals surface area contributed by atoms with Crippen molar-refractivity contribution in [1.82, 2.24) is 4.98 Å². The Bertz CT molecular complexity index is 1490. The molecule has 7 heteroatoms. The summed E-state index contributed by atoms with van der Waals surface area (Å²) in [5.41, 5.74) is 4.00. The minimum absolute atomic E-state index is 0.0110. The molecule has 1 aliphatic rings. The fourth-order valence-electron chi connectivity index (χ4n) is 4.36. The number of ether oxygens (including phenoxy) is 1. The summed E-state index contributed by atoms with van der Waals surface area (Å²) in [7, 11) is 1.54. The van der Waals surface area contributed by atoms with E-state index in [2.05, 4.69) is 13.0 Å². The fourth-order valence-corrected chi connectivity index (χ4v) is 5.42. The number of amides is 1. The number of hydrogen-bond donors (Lipinski definition) is 1. The van der Waals surface area contributed by atoms with Crippen LogP contribution in [0.25, 0.3) is 16.0 Å². The van der Waals surface area contributed by atoms with Crippen molar-refractivity contribution in [2.45, 2.75) is 26.3 Å². The standard InChI is InChI=1S/C28H24N2O4S/c1-4-17-11-14-20-22(15-17)35-28(29-20)30-24(19-7-5-6-8-21(19)34-3)23(26(32)27(30)33)25(31)18-12-9-16(2)10-13-18/h5-15,24,31H,4H2,1-3H3/b25-23+/t24-/m0/s1. The predicted octanol–water partition coefficient (Wildman–Crippen LogP) is 5.80. The van der Waals surface area contributed by atoms with E-state index in [1.807, 2.05) is 43.3 Å². The van der Waals surface area contributed by atoms with Gasteiger partial charge in [0.15, 0.2) is 5.13 Å². The average Bonchev–Trinajstić information content (AvgIpc) is 3.41. The van der Waals surface area contributed by atoms with E-state index in [0.717, 1.165) is 27.8 Å². The molecule has 1 aromatic heterocycles. The molecule has 1 atom stereocenters. The van der Waals surface area contributed by atoms with Gasteiger partial charge in [-0.1, -0.05) is 72.4 Å². The van der Waals surface area contributed by atoms with Crippen molar-refractivity contribution in [3.8, 4) is 5.75 Å². The van der Waals surface area contributed by atoms with Crippen LogP contribution in [0.2, 0.25) is 0 Å². The summed E-state index contributed by atoms with van der Waals surface area (Å²) in [4.78, 5) is 32.9. The Morgan fingerprint density at radius 1 is 1.09 bits per heavy atom. The highest BCUT2D eigenvalue weighted by atomic mass is 32.1. The van der Waals surface area contributed by atoms with Gasteiger partial charge in [-0.2, -0.15) is 0 Å². The maximum Gasteiger partial charge on any atom is 0.301 e. The van der Waals surface area contributed by atoms with Crippen LogP contribution in [0.3, 0.4) is 0 Å². The molecule has 1 amide bonds. The number of anilines is 1. The smallest absolute Gasteiger partial charge is 0.301 e. The zero-order valence-corrected chi connectivity index (χ0v) is 20.4. The number of ketones is 1. The number of Topliss-reactive ketones (excluding diaryl/α,β-unsaturated/α-hetero) is 1. The number of aromatic nitrogens is 1. The molecule has 0 spiro atoms. The molecule has 4 aromatic rings. The first-order chi connectivity index (χ1) is 16.9. The molecule has 3 aromatic carbocycles. The van der Waals surface area contributed by atoms with Crippen molar-refractivity contribution in [3.63, 3.8) is 0 Å². The number of nitrogens with zero attached hydrogens (tertiary/aromatic N) is 2. The maximum absolute atomic E-state index is 13.4. The van der Waals surface area contributed by atoms with Crippen LogP contribution in [0.15, 0.2) is 72.3 Å². The molecule has 0 aliphatic carbocycles. The summed E-state index contributed by atoms with van der Waals surface area (Å²) in [6.07, 6.45) is 0.880. The largest absolute Gasteiger partial charge is 0.507 e. The fraction of sp³-hybridized carbons (Fsp3) is 0.179. The van der Waals surface area contributed by atoms with Crippen LogP contribution in [-0.4, -0.2) is 28.9 Å². The molecule has 0 unspecified atom stereocenters. The highest BCUT2D eigenvalue weighted by Gasteiger charge is 2.49. The Kier molecular flexibility index (Phi) is 5.86. The molecule has 5 rings (SSSR count). The van der Waals surface area contributed by atoms with Crippen LogP contribution < -0.4 is 9.64 Å². The quantitative estimate of drug-likeness (QED) is 0.220. The van der Waals surface area contributed by atoms with Gasteiger partial charge in [0.25, 0.3) is 5.78 Å². The number of fused-ring (bicyclic) bond motifs is 1. The van der Waals surface area contributed by atoms with Gasteiger partial charge in [0, 0.05) is 11.1 Å². The molecule has 2 heterocycles. The van der Waals surface area contributed by atoms with E-state index in [1.165, 1.54) is 23.3 Å². The predicted molar refractivity (Wildman–Crippen MR) is 138 cm³/mol. The van der Waals surface area contributed by atoms with Gasteiger partial charge in [-0.05, 0) is 37.1 Å². The van der Waals surface area contributed by atoms with Crippen LogP contribution in [-0.2, 0) is 16.0 Å². The number of aliphatic hydroxyl groups excluding tert-OH is 1. The Labute approximate surface area is 207 Å². The normalized spacial score (nSPS) is 17.3. The molecular weight excluding hydrogens is 460 g/mol. The number of aryl methyl sites for hydroxylation is 2. The number of hydrogen-bond acceptors (Lipinski definition) is 6. The number of methoxy groups -OCH3 is 1. The first-order valence-electron chi connectivity index (χ1n) is 11.3. The molecule has 0 bridgehead atoms. The lowest BCUT2D eigenvalue weighted by atomic mass is 9.94. The number of aliphatic hydroxyl groups is 1. The Balaban J connectivity index is 1.74. The lowest BCUT2D eigenvalue weighted by Crippen LogP contribution is -2.29. The summed E-state index contributed by atoms with van der Waals surface area (Å²) in [5, 5.41) is 11.7. The second-order valence-corrected chi connectivity index (χ2v) is 9.44. The molecule has 1 aliphatic heterocycles. The summed E-state index contributed by atoms with van der Waals surface area (Å²) < 4.78 is 6.51. The molecule has 6 nitrogen and oxygen atoms in total. The zero-order valence-electron chi connectivity index (χ0n) is 19.6. The lowest BCUT2D eigenvalue weighted by Gasteiger charge is -2.24. The van der Waals surface area contributed by atoms with Gasteiger partial charge in [0.05, 0.1) is 22.9 Å². The van der Waals surface area contributed by atoms with Crippen molar-refractivity contribution in [1.29, 1.82) is 0 Å². The summed E-state index contributed by atoms with van der Waals surface area (Å²) in [6.45, 7) is 4.02. The minimum atomic E-state index is -0.890. The Morgan fingerprint density at radius 2 is 1.83 bits per heavy atom. The van der Waals surface area contributed by atoms with E-state index < -0.39 is 17.7 Å². The summed E-state index contributed by atoms with van der Waals surface area (Å²) in [6, 6.07) is 19.5. The summed E-state index contributed by atoms with van der Waals surface area (Å²) >= 11 is 1.35. The first kappa shape index (κ1) is 22.8. The topological polar surface area (TPSA) is 79.7 Å². The van der Waals surface area contributed by atoms with Crippen molar-refractivity contribution in [2.24, 2.45) is 0 Å². The van der Waals surface area contributed by atoms with E-state index in [4.69, 9.17) is 9.72 Å². The molecule has 0 radical (unpaired) electrons. The molecule has 176 valence electrons. The SMILES string of the molecule is CCc1ccc2nc(N3C(=O)C(=O)/C(=C(/O)c4ccc(C)cc4)[C@@H]3c3ccccc3OC)sc2c1. The molecule has 35 heavy (non-hydrogen) atoms.